The highest BCUT2D eigenvalue weighted by molar-refractivity contribution is 5.96. The van der Waals surface area contributed by atoms with Crippen molar-refractivity contribution >= 4 is 23.4 Å². The molecule has 2 fully saturated rings. The molecule has 0 bridgehead atoms. The molecule has 1 aromatic rings. The summed E-state index contributed by atoms with van der Waals surface area (Å²) in [6.45, 7) is 3.86. The Labute approximate surface area is 172 Å². The monoisotopic (exact) mass is 398 g/mol. The summed E-state index contributed by atoms with van der Waals surface area (Å²) < 4.78 is 0. The zero-order chi connectivity index (χ0) is 20.4. The van der Waals surface area contributed by atoms with Crippen molar-refractivity contribution in [3.05, 3.63) is 29.8 Å². The van der Waals surface area contributed by atoms with E-state index in [9.17, 15) is 14.4 Å². The predicted molar refractivity (Wildman–Crippen MR) is 110 cm³/mol. The highest BCUT2D eigenvalue weighted by Gasteiger charge is 2.37. The van der Waals surface area contributed by atoms with Gasteiger partial charge in [-0.1, -0.05) is 18.2 Å². The largest absolute Gasteiger partial charge is 0.338 e. The summed E-state index contributed by atoms with van der Waals surface area (Å²) in [4.78, 5) is 44.1. The van der Waals surface area contributed by atoms with Gasteiger partial charge in [0.2, 0.25) is 17.7 Å². The van der Waals surface area contributed by atoms with Gasteiger partial charge in [0.05, 0.1) is 0 Å². The van der Waals surface area contributed by atoms with E-state index in [4.69, 9.17) is 0 Å². The lowest BCUT2D eigenvalue weighted by molar-refractivity contribution is -0.145. The first-order chi connectivity index (χ1) is 14.0. The van der Waals surface area contributed by atoms with E-state index in [1.807, 2.05) is 29.2 Å². The van der Waals surface area contributed by atoms with Gasteiger partial charge in [0.25, 0.3) is 0 Å². The molecular formula is C22H30N4O3. The van der Waals surface area contributed by atoms with Gasteiger partial charge in [-0.15, -0.1) is 0 Å². The van der Waals surface area contributed by atoms with Gasteiger partial charge in [0, 0.05) is 50.7 Å². The maximum atomic E-state index is 13.0. The molecule has 2 saturated heterocycles. The summed E-state index contributed by atoms with van der Waals surface area (Å²) in [5.41, 5.74) is 1.99. The van der Waals surface area contributed by atoms with Crippen LogP contribution in [0.4, 0.5) is 5.69 Å². The number of carbonyl (C=O) groups is 3. The van der Waals surface area contributed by atoms with Crippen molar-refractivity contribution in [1.82, 2.24) is 14.7 Å². The van der Waals surface area contributed by atoms with E-state index >= 15 is 0 Å². The van der Waals surface area contributed by atoms with Crippen molar-refractivity contribution in [2.75, 3.05) is 45.1 Å². The fourth-order valence-electron chi connectivity index (χ4n) is 4.65. The molecule has 2 unspecified atom stereocenters. The Kier molecular flexibility index (Phi) is 5.85. The van der Waals surface area contributed by atoms with Crippen LogP contribution in [0.5, 0.6) is 0 Å². The molecule has 7 heteroatoms. The quantitative estimate of drug-likeness (QED) is 0.831. The Bertz CT molecular complexity index is 788. The van der Waals surface area contributed by atoms with Gasteiger partial charge in [0.15, 0.2) is 0 Å². The maximum absolute atomic E-state index is 13.0. The number of nitrogens with one attached hydrogen (secondary N) is 1. The third-order valence-electron chi connectivity index (χ3n) is 6.49. The lowest BCUT2D eigenvalue weighted by Crippen LogP contribution is -2.53. The van der Waals surface area contributed by atoms with E-state index in [2.05, 4.69) is 17.3 Å². The zero-order valence-electron chi connectivity index (χ0n) is 17.1. The number of likely N-dealkylation sites (N-methyl/N-ethyl adjacent to an activating group) is 1. The van der Waals surface area contributed by atoms with Crippen molar-refractivity contribution in [2.45, 2.75) is 38.1 Å². The summed E-state index contributed by atoms with van der Waals surface area (Å²) in [5.74, 6) is -0.110. The smallest absolute Gasteiger partial charge is 0.245 e. The number of para-hydroxylation sites is 1. The van der Waals surface area contributed by atoms with Crippen molar-refractivity contribution in [1.29, 1.82) is 0 Å². The summed E-state index contributed by atoms with van der Waals surface area (Å²) in [6.07, 6.45) is 3.11. The van der Waals surface area contributed by atoms with Crippen LogP contribution in [0.1, 0.15) is 31.2 Å². The first kappa shape index (κ1) is 19.9. The number of rotatable bonds is 4. The number of hydrogen-bond acceptors (Lipinski definition) is 4. The van der Waals surface area contributed by atoms with Crippen LogP contribution in [-0.2, 0) is 20.8 Å². The number of benzene rings is 1. The van der Waals surface area contributed by atoms with Crippen molar-refractivity contribution in [2.24, 2.45) is 5.92 Å². The molecule has 2 atom stereocenters. The highest BCUT2D eigenvalue weighted by atomic mass is 16.2. The van der Waals surface area contributed by atoms with Crippen LogP contribution in [0.3, 0.4) is 0 Å². The molecule has 7 nitrogen and oxygen atoms in total. The van der Waals surface area contributed by atoms with E-state index in [0.717, 1.165) is 50.3 Å². The Balaban J connectivity index is 1.33. The van der Waals surface area contributed by atoms with Crippen LogP contribution >= 0.6 is 0 Å². The molecule has 4 rings (SSSR count). The van der Waals surface area contributed by atoms with E-state index in [1.165, 1.54) is 0 Å². The first-order valence-corrected chi connectivity index (χ1v) is 10.7. The van der Waals surface area contributed by atoms with Gasteiger partial charge < -0.3 is 20.0 Å². The third kappa shape index (κ3) is 4.29. The van der Waals surface area contributed by atoms with Crippen LogP contribution in [-0.4, -0.2) is 78.2 Å². The van der Waals surface area contributed by atoms with Crippen molar-refractivity contribution < 1.29 is 14.4 Å². The van der Waals surface area contributed by atoms with Crippen molar-refractivity contribution in [3.63, 3.8) is 0 Å². The number of piperazine rings is 1. The molecule has 0 radical (unpaired) electrons. The molecule has 0 aliphatic carbocycles. The molecule has 29 heavy (non-hydrogen) atoms. The zero-order valence-corrected chi connectivity index (χ0v) is 17.1. The van der Waals surface area contributed by atoms with Crippen LogP contribution in [0.15, 0.2) is 24.3 Å². The molecule has 0 saturated carbocycles. The van der Waals surface area contributed by atoms with Gasteiger partial charge >= 0.3 is 0 Å². The number of anilines is 1. The summed E-state index contributed by atoms with van der Waals surface area (Å²) in [5, 5.41) is 2.95. The molecule has 3 heterocycles. The van der Waals surface area contributed by atoms with Gasteiger partial charge in [-0.3, -0.25) is 14.4 Å². The second-order valence-corrected chi connectivity index (χ2v) is 8.46. The Morgan fingerprint density at radius 2 is 1.86 bits per heavy atom. The third-order valence-corrected chi connectivity index (χ3v) is 6.49. The molecule has 3 aliphatic rings. The number of fused-ring (bicyclic) bond motifs is 1. The molecule has 3 amide bonds. The molecule has 1 N–H and O–H groups in total. The first-order valence-electron chi connectivity index (χ1n) is 10.7. The number of hydrogen-bond donors (Lipinski definition) is 1. The topological polar surface area (TPSA) is 73.0 Å². The van der Waals surface area contributed by atoms with Crippen LogP contribution in [0.2, 0.25) is 0 Å². The maximum Gasteiger partial charge on any atom is 0.245 e. The number of likely N-dealkylation sites (tertiary alicyclic amines) is 1. The van der Waals surface area contributed by atoms with E-state index in [1.54, 1.807) is 4.90 Å². The summed E-state index contributed by atoms with van der Waals surface area (Å²) in [6, 6.07) is 7.49. The van der Waals surface area contributed by atoms with E-state index in [-0.39, 0.29) is 29.7 Å². The molecule has 1 aromatic carbocycles. The Morgan fingerprint density at radius 3 is 2.66 bits per heavy atom. The Morgan fingerprint density at radius 1 is 1.10 bits per heavy atom. The molecule has 0 aromatic heterocycles. The second kappa shape index (κ2) is 8.53. The minimum absolute atomic E-state index is 0.00151. The van der Waals surface area contributed by atoms with Crippen LogP contribution in [0, 0.1) is 5.92 Å². The van der Waals surface area contributed by atoms with E-state index < -0.39 is 0 Å². The number of nitrogens with zero attached hydrogens (tertiary/aromatic N) is 3. The second-order valence-electron chi connectivity index (χ2n) is 8.46. The lowest BCUT2D eigenvalue weighted by Gasteiger charge is -2.36. The average Bonchev–Trinajstić information content (AvgIpc) is 3.22. The van der Waals surface area contributed by atoms with E-state index in [0.29, 0.717) is 25.8 Å². The Hall–Kier alpha value is -2.41. The number of amides is 3. The molecule has 3 aliphatic heterocycles. The van der Waals surface area contributed by atoms with Crippen LogP contribution in [0.25, 0.3) is 0 Å². The number of carbonyl (C=O) groups excluding carboxylic acids is 3. The standard InChI is InChI=1S/C22H30N4O3/c1-24-11-13-25(14-12-24)22(29)19-7-4-10-26(19)20(27)9-8-17-15-16-5-2-3-6-18(16)23-21(17)28/h2-3,5-6,17,19H,4,7-15H2,1H3,(H,23,28). The minimum atomic E-state index is -0.327. The van der Waals surface area contributed by atoms with Gasteiger partial charge in [0.1, 0.15) is 6.04 Å². The summed E-state index contributed by atoms with van der Waals surface area (Å²) in [7, 11) is 2.06. The molecule has 0 spiro atoms. The highest BCUT2D eigenvalue weighted by Crippen LogP contribution is 2.28. The molecular weight excluding hydrogens is 368 g/mol. The molecule has 156 valence electrons. The van der Waals surface area contributed by atoms with Crippen molar-refractivity contribution in [3.8, 4) is 0 Å². The van der Waals surface area contributed by atoms with Gasteiger partial charge in [-0.05, 0) is 44.4 Å². The predicted octanol–water partition coefficient (Wildman–Crippen LogP) is 1.34. The normalized spacial score (nSPS) is 24.9. The van der Waals surface area contributed by atoms with Gasteiger partial charge in [-0.25, -0.2) is 0 Å². The van der Waals surface area contributed by atoms with Crippen LogP contribution < -0.4 is 5.32 Å². The average molecular weight is 399 g/mol. The minimum Gasteiger partial charge on any atom is -0.338 e. The fourth-order valence-corrected chi connectivity index (χ4v) is 4.65. The van der Waals surface area contributed by atoms with Gasteiger partial charge in [-0.2, -0.15) is 0 Å². The fraction of sp³-hybridized carbons (Fsp3) is 0.591. The summed E-state index contributed by atoms with van der Waals surface area (Å²) >= 11 is 0. The SMILES string of the molecule is CN1CCN(C(=O)C2CCCN2C(=O)CCC2Cc3ccccc3NC2=O)CC1. The lowest BCUT2D eigenvalue weighted by atomic mass is 9.89.